The molecule has 0 unspecified atom stereocenters. The van der Waals surface area contributed by atoms with Crippen molar-refractivity contribution in [3.05, 3.63) is 30.1 Å². The molecule has 18 heavy (non-hydrogen) atoms. The van der Waals surface area contributed by atoms with Gasteiger partial charge in [-0.3, -0.25) is 0 Å². The molecule has 3 rings (SSSR count). The number of aliphatic hydroxyl groups is 1. The number of hydrogen-bond donors (Lipinski definition) is 1. The summed E-state index contributed by atoms with van der Waals surface area (Å²) in [4.78, 5) is 9.89. The Labute approximate surface area is 102 Å². The summed E-state index contributed by atoms with van der Waals surface area (Å²) in [5.74, 6) is -1.30. The first-order valence-corrected chi connectivity index (χ1v) is 5.68. The molecule has 0 saturated carbocycles. The molecule has 1 atom stereocenters. The maximum Gasteiger partial charge on any atom is 0.161 e. The highest BCUT2D eigenvalue weighted by Crippen LogP contribution is 2.27. The van der Waals surface area contributed by atoms with E-state index in [1.165, 1.54) is 6.33 Å². The average molecular weight is 251 g/mol. The molecule has 0 radical (unpaired) electrons. The summed E-state index contributed by atoms with van der Waals surface area (Å²) in [6, 6.07) is 2.16. The Balaban J connectivity index is 2.14. The van der Waals surface area contributed by atoms with Crippen molar-refractivity contribution < 1.29 is 13.9 Å². The summed E-state index contributed by atoms with van der Waals surface area (Å²) >= 11 is 0. The van der Waals surface area contributed by atoms with Gasteiger partial charge >= 0.3 is 0 Å². The van der Waals surface area contributed by atoms with Crippen molar-refractivity contribution in [3.63, 3.8) is 0 Å². The fraction of sp³-hybridized carbons (Fsp3) is 0.333. The fourth-order valence-electron chi connectivity index (χ4n) is 2.22. The van der Waals surface area contributed by atoms with Crippen LogP contribution in [0, 0.1) is 11.6 Å². The van der Waals surface area contributed by atoms with E-state index in [0.29, 0.717) is 36.2 Å². The molecule has 1 N–H and O–H groups in total. The molecule has 2 aromatic rings. The first kappa shape index (κ1) is 11.3. The number of fused-ring (bicyclic) bond motifs is 1. The molecule has 0 aliphatic carbocycles. The van der Waals surface area contributed by atoms with Crippen LogP contribution in [0.25, 0.3) is 10.9 Å². The van der Waals surface area contributed by atoms with Crippen molar-refractivity contribution in [3.8, 4) is 0 Å². The van der Waals surface area contributed by atoms with Crippen LogP contribution >= 0.6 is 0 Å². The lowest BCUT2D eigenvalue weighted by atomic mass is 10.2. The van der Waals surface area contributed by atoms with Crippen LogP contribution in [0.2, 0.25) is 0 Å². The van der Waals surface area contributed by atoms with Crippen LogP contribution in [-0.2, 0) is 0 Å². The predicted octanol–water partition coefficient (Wildman–Crippen LogP) is 1.48. The van der Waals surface area contributed by atoms with Crippen LogP contribution in [0.3, 0.4) is 0 Å². The van der Waals surface area contributed by atoms with E-state index in [2.05, 4.69) is 9.97 Å². The smallest absolute Gasteiger partial charge is 0.161 e. The Bertz CT molecular complexity index is 605. The first-order chi connectivity index (χ1) is 8.65. The summed E-state index contributed by atoms with van der Waals surface area (Å²) in [6.45, 7) is 1.09. The zero-order valence-corrected chi connectivity index (χ0v) is 9.48. The summed E-state index contributed by atoms with van der Waals surface area (Å²) in [7, 11) is 0. The van der Waals surface area contributed by atoms with Gasteiger partial charge in [0.1, 0.15) is 12.1 Å². The lowest BCUT2D eigenvalue weighted by Crippen LogP contribution is -2.22. The molecular formula is C12H11F2N3O. The normalized spacial score (nSPS) is 19.7. The van der Waals surface area contributed by atoms with Gasteiger partial charge in [-0.2, -0.15) is 0 Å². The SMILES string of the molecule is O[C@H]1CCN(c2ncnc3cc(F)c(F)cc23)C1. The van der Waals surface area contributed by atoms with Crippen LogP contribution in [0.5, 0.6) is 0 Å². The van der Waals surface area contributed by atoms with Crippen molar-refractivity contribution in [2.24, 2.45) is 0 Å². The largest absolute Gasteiger partial charge is 0.391 e. The minimum Gasteiger partial charge on any atom is -0.391 e. The van der Waals surface area contributed by atoms with Gasteiger partial charge in [0.05, 0.1) is 11.6 Å². The van der Waals surface area contributed by atoms with Gasteiger partial charge in [-0.1, -0.05) is 0 Å². The number of halogens is 2. The number of hydrogen-bond acceptors (Lipinski definition) is 4. The zero-order chi connectivity index (χ0) is 12.7. The van der Waals surface area contributed by atoms with Crippen molar-refractivity contribution in [1.29, 1.82) is 0 Å². The second-order valence-corrected chi connectivity index (χ2v) is 4.37. The van der Waals surface area contributed by atoms with Gasteiger partial charge in [0, 0.05) is 24.5 Å². The topological polar surface area (TPSA) is 49.2 Å². The lowest BCUT2D eigenvalue weighted by molar-refractivity contribution is 0.198. The van der Waals surface area contributed by atoms with Crippen LogP contribution in [0.4, 0.5) is 14.6 Å². The van der Waals surface area contributed by atoms with E-state index in [1.807, 2.05) is 4.90 Å². The number of aliphatic hydroxyl groups excluding tert-OH is 1. The van der Waals surface area contributed by atoms with Crippen LogP contribution in [0.1, 0.15) is 6.42 Å². The van der Waals surface area contributed by atoms with Crippen LogP contribution in [-0.4, -0.2) is 34.3 Å². The summed E-state index contributed by atoms with van der Waals surface area (Å²) < 4.78 is 26.4. The van der Waals surface area contributed by atoms with E-state index < -0.39 is 17.7 Å². The molecule has 1 aliphatic rings. The number of anilines is 1. The predicted molar refractivity (Wildman–Crippen MR) is 62.3 cm³/mol. The highest BCUT2D eigenvalue weighted by molar-refractivity contribution is 5.89. The van der Waals surface area contributed by atoms with Crippen molar-refractivity contribution in [1.82, 2.24) is 9.97 Å². The minimum absolute atomic E-state index is 0.361. The van der Waals surface area contributed by atoms with Gasteiger partial charge < -0.3 is 10.0 Å². The van der Waals surface area contributed by atoms with E-state index in [1.54, 1.807) is 0 Å². The molecule has 94 valence electrons. The molecule has 0 amide bonds. The molecule has 4 nitrogen and oxygen atoms in total. The second kappa shape index (κ2) is 4.13. The van der Waals surface area contributed by atoms with Crippen molar-refractivity contribution >= 4 is 16.7 Å². The second-order valence-electron chi connectivity index (χ2n) is 4.37. The molecule has 1 aromatic carbocycles. The standard InChI is InChI=1S/C12H11F2N3O/c13-9-3-8-11(4-10(9)14)15-6-16-12(8)17-2-1-7(18)5-17/h3-4,6-7,18H,1-2,5H2/t7-/m0/s1. The molecule has 2 heterocycles. The molecule has 1 aliphatic heterocycles. The zero-order valence-electron chi connectivity index (χ0n) is 9.48. The van der Waals surface area contributed by atoms with Crippen molar-refractivity contribution in [2.75, 3.05) is 18.0 Å². The third-order valence-corrected chi connectivity index (χ3v) is 3.12. The van der Waals surface area contributed by atoms with Gasteiger partial charge in [-0.25, -0.2) is 18.7 Å². The number of nitrogens with zero attached hydrogens (tertiary/aromatic N) is 3. The van der Waals surface area contributed by atoms with Crippen LogP contribution in [0.15, 0.2) is 18.5 Å². The van der Waals surface area contributed by atoms with Crippen LogP contribution < -0.4 is 4.90 Å². The summed E-state index contributed by atoms with van der Waals surface area (Å²) in [5.41, 5.74) is 0.361. The summed E-state index contributed by atoms with van der Waals surface area (Å²) in [5, 5.41) is 9.98. The number of aromatic nitrogens is 2. The van der Waals surface area contributed by atoms with Gasteiger partial charge in [-0.05, 0) is 12.5 Å². The number of benzene rings is 1. The average Bonchev–Trinajstić information content (AvgIpc) is 2.77. The lowest BCUT2D eigenvalue weighted by Gasteiger charge is -2.18. The highest BCUT2D eigenvalue weighted by Gasteiger charge is 2.23. The third-order valence-electron chi connectivity index (χ3n) is 3.12. The maximum absolute atomic E-state index is 13.3. The first-order valence-electron chi connectivity index (χ1n) is 5.68. The Morgan fingerprint density at radius 1 is 1.22 bits per heavy atom. The Morgan fingerprint density at radius 2 is 2.00 bits per heavy atom. The number of rotatable bonds is 1. The minimum atomic E-state index is -0.923. The molecule has 1 saturated heterocycles. The highest BCUT2D eigenvalue weighted by atomic mass is 19.2. The fourth-order valence-corrected chi connectivity index (χ4v) is 2.22. The Hall–Kier alpha value is -1.82. The third kappa shape index (κ3) is 1.78. The molecular weight excluding hydrogens is 240 g/mol. The van der Waals surface area contributed by atoms with Gasteiger partial charge in [0.2, 0.25) is 0 Å². The molecule has 0 spiro atoms. The van der Waals surface area contributed by atoms with E-state index >= 15 is 0 Å². The maximum atomic E-state index is 13.3. The molecule has 0 bridgehead atoms. The van der Waals surface area contributed by atoms with Gasteiger partial charge in [0.25, 0.3) is 0 Å². The van der Waals surface area contributed by atoms with E-state index in [0.717, 1.165) is 12.1 Å². The molecule has 1 fully saturated rings. The Morgan fingerprint density at radius 3 is 2.72 bits per heavy atom. The Kier molecular flexibility index (Phi) is 2.59. The number of β-amino-alcohol motifs (C(OH)–C–C–N with tert-alkyl or cyclic N) is 1. The van der Waals surface area contributed by atoms with Gasteiger partial charge in [0.15, 0.2) is 11.6 Å². The van der Waals surface area contributed by atoms with E-state index in [4.69, 9.17) is 0 Å². The van der Waals surface area contributed by atoms with Crippen molar-refractivity contribution in [2.45, 2.75) is 12.5 Å². The van der Waals surface area contributed by atoms with Gasteiger partial charge in [-0.15, -0.1) is 0 Å². The quantitative estimate of drug-likeness (QED) is 0.834. The summed E-state index contributed by atoms with van der Waals surface area (Å²) in [6.07, 6.45) is 1.56. The molecule has 6 heteroatoms. The molecule has 1 aromatic heterocycles. The van der Waals surface area contributed by atoms with E-state index in [-0.39, 0.29) is 0 Å². The van der Waals surface area contributed by atoms with E-state index in [9.17, 15) is 13.9 Å². The monoisotopic (exact) mass is 251 g/mol.